The SMILES string of the molecule is C=C(O)/C=C(/F)C(=C)N. The molecule has 0 saturated carbocycles. The van der Waals surface area contributed by atoms with Crippen LogP contribution < -0.4 is 5.73 Å². The number of hydrogen-bond acceptors (Lipinski definition) is 2. The van der Waals surface area contributed by atoms with Crippen molar-refractivity contribution in [1.29, 1.82) is 0 Å². The second-order valence-corrected chi connectivity index (χ2v) is 1.51. The zero-order valence-corrected chi connectivity index (χ0v) is 4.89. The van der Waals surface area contributed by atoms with E-state index in [1.165, 1.54) is 0 Å². The molecular formula is C6H8FNO. The molecule has 0 saturated heterocycles. The van der Waals surface area contributed by atoms with E-state index in [1.54, 1.807) is 0 Å². The lowest BCUT2D eigenvalue weighted by Gasteiger charge is -1.91. The van der Waals surface area contributed by atoms with Crippen LogP contribution in [0.25, 0.3) is 0 Å². The van der Waals surface area contributed by atoms with Gasteiger partial charge < -0.3 is 10.8 Å². The molecule has 0 bridgehead atoms. The highest BCUT2D eigenvalue weighted by molar-refractivity contribution is 5.24. The van der Waals surface area contributed by atoms with Crippen LogP contribution in [0.3, 0.4) is 0 Å². The van der Waals surface area contributed by atoms with E-state index >= 15 is 0 Å². The van der Waals surface area contributed by atoms with Gasteiger partial charge in [-0.2, -0.15) is 0 Å². The number of hydrogen-bond donors (Lipinski definition) is 2. The maximum absolute atomic E-state index is 12.2. The van der Waals surface area contributed by atoms with Gasteiger partial charge in [0.25, 0.3) is 0 Å². The largest absolute Gasteiger partial charge is 0.508 e. The van der Waals surface area contributed by atoms with Gasteiger partial charge in [-0.05, 0) is 0 Å². The summed E-state index contributed by atoms with van der Waals surface area (Å²) in [5, 5.41) is 8.36. The Balaban J connectivity index is 4.17. The van der Waals surface area contributed by atoms with E-state index < -0.39 is 5.83 Å². The van der Waals surface area contributed by atoms with E-state index in [-0.39, 0.29) is 11.5 Å². The van der Waals surface area contributed by atoms with E-state index in [2.05, 4.69) is 13.2 Å². The van der Waals surface area contributed by atoms with Gasteiger partial charge in [0.2, 0.25) is 0 Å². The Kier molecular flexibility index (Phi) is 2.51. The first kappa shape index (κ1) is 7.75. The molecular weight excluding hydrogens is 121 g/mol. The number of aliphatic hydroxyl groups excluding tert-OH is 1. The van der Waals surface area contributed by atoms with Crippen LogP contribution in [0, 0.1) is 0 Å². The first-order valence-electron chi connectivity index (χ1n) is 2.24. The smallest absolute Gasteiger partial charge is 0.149 e. The Morgan fingerprint density at radius 2 is 2.00 bits per heavy atom. The van der Waals surface area contributed by atoms with Crippen LogP contribution in [-0.2, 0) is 0 Å². The molecule has 0 fully saturated rings. The highest BCUT2D eigenvalue weighted by Gasteiger charge is 1.94. The van der Waals surface area contributed by atoms with Gasteiger partial charge in [0.15, 0.2) is 0 Å². The van der Waals surface area contributed by atoms with Gasteiger partial charge in [0.1, 0.15) is 11.6 Å². The molecule has 0 spiro atoms. The average Bonchev–Trinajstić information content (AvgIpc) is 1.63. The molecule has 2 nitrogen and oxygen atoms in total. The summed E-state index contributed by atoms with van der Waals surface area (Å²) in [6.45, 7) is 6.11. The number of rotatable bonds is 2. The quantitative estimate of drug-likeness (QED) is 0.437. The molecule has 0 heterocycles. The van der Waals surface area contributed by atoms with Gasteiger partial charge >= 0.3 is 0 Å². The molecule has 50 valence electrons. The molecule has 0 atom stereocenters. The molecule has 9 heavy (non-hydrogen) atoms. The lowest BCUT2D eigenvalue weighted by atomic mass is 10.4. The van der Waals surface area contributed by atoms with Crippen molar-refractivity contribution in [3.63, 3.8) is 0 Å². The summed E-state index contributed by atoms with van der Waals surface area (Å²) in [4.78, 5) is 0. The van der Waals surface area contributed by atoms with Crippen molar-refractivity contribution in [1.82, 2.24) is 0 Å². The fourth-order valence-electron chi connectivity index (χ4n) is 0.239. The fraction of sp³-hybridized carbons (Fsp3) is 0. The Morgan fingerprint density at radius 3 is 2.11 bits per heavy atom. The Hall–Kier alpha value is -1.25. The summed E-state index contributed by atoms with van der Waals surface area (Å²) in [7, 11) is 0. The van der Waals surface area contributed by atoms with Gasteiger partial charge in [-0.3, -0.25) is 0 Å². The van der Waals surface area contributed by atoms with Gasteiger partial charge in [0.05, 0.1) is 5.70 Å². The number of nitrogens with two attached hydrogens (primary N) is 1. The number of allylic oxidation sites excluding steroid dienone is 2. The lowest BCUT2D eigenvalue weighted by molar-refractivity contribution is 0.431. The molecule has 0 rings (SSSR count). The van der Waals surface area contributed by atoms with E-state index in [1.807, 2.05) is 0 Å². The first-order chi connectivity index (χ1) is 4.04. The molecule has 0 aliphatic carbocycles. The van der Waals surface area contributed by atoms with Crippen LogP contribution in [0.2, 0.25) is 0 Å². The van der Waals surface area contributed by atoms with Gasteiger partial charge in [-0.1, -0.05) is 13.2 Å². The second kappa shape index (κ2) is 2.91. The molecule has 0 radical (unpaired) electrons. The number of aliphatic hydroxyl groups is 1. The van der Waals surface area contributed by atoms with Gasteiger partial charge in [-0.25, -0.2) is 4.39 Å². The van der Waals surface area contributed by atoms with Crippen molar-refractivity contribution in [2.24, 2.45) is 5.73 Å². The molecule has 0 unspecified atom stereocenters. The lowest BCUT2D eigenvalue weighted by Crippen LogP contribution is -1.94. The van der Waals surface area contributed by atoms with E-state index in [4.69, 9.17) is 10.8 Å². The van der Waals surface area contributed by atoms with Crippen LogP contribution in [0.1, 0.15) is 0 Å². The average molecular weight is 129 g/mol. The molecule has 3 N–H and O–H groups in total. The molecule has 0 aliphatic rings. The van der Waals surface area contributed by atoms with Crippen molar-refractivity contribution in [2.75, 3.05) is 0 Å². The zero-order valence-electron chi connectivity index (χ0n) is 4.89. The predicted octanol–water partition coefficient (Wildman–Crippen LogP) is 1.38. The van der Waals surface area contributed by atoms with Crippen LogP contribution in [0.15, 0.2) is 36.5 Å². The standard InChI is InChI=1S/C6H8FNO/c1-4(9)3-6(7)5(2)8/h3,9H,1-2,8H2/b6-3+. The first-order valence-corrected chi connectivity index (χ1v) is 2.24. The minimum absolute atomic E-state index is 0.217. The summed E-state index contributed by atoms with van der Waals surface area (Å²) in [6, 6.07) is 0. The van der Waals surface area contributed by atoms with E-state index in [9.17, 15) is 4.39 Å². The fourth-order valence-corrected chi connectivity index (χ4v) is 0.239. The predicted molar refractivity (Wildman–Crippen MR) is 34.3 cm³/mol. The highest BCUT2D eigenvalue weighted by Crippen LogP contribution is 2.04. The third-order valence-electron chi connectivity index (χ3n) is 0.600. The van der Waals surface area contributed by atoms with Crippen molar-refractivity contribution in [3.8, 4) is 0 Å². The summed E-state index contributed by atoms with van der Waals surface area (Å²) in [6.07, 6.45) is 0.794. The Morgan fingerprint density at radius 1 is 1.56 bits per heavy atom. The summed E-state index contributed by atoms with van der Waals surface area (Å²) in [5.74, 6) is -1.14. The Labute approximate surface area is 52.8 Å². The van der Waals surface area contributed by atoms with Crippen LogP contribution in [-0.4, -0.2) is 5.11 Å². The van der Waals surface area contributed by atoms with Crippen LogP contribution >= 0.6 is 0 Å². The summed E-state index contributed by atoms with van der Waals surface area (Å²) in [5.41, 5.74) is 4.68. The molecule has 0 aromatic carbocycles. The summed E-state index contributed by atoms with van der Waals surface area (Å²) < 4.78 is 12.2. The minimum Gasteiger partial charge on any atom is -0.508 e. The topological polar surface area (TPSA) is 46.2 Å². The third-order valence-corrected chi connectivity index (χ3v) is 0.600. The molecule has 0 aliphatic heterocycles. The maximum atomic E-state index is 12.2. The third kappa shape index (κ3) is 3.34. The normalized spacial score (nSPS) is 11.0. The second-order valence-electron chi connectivity index (χ2n) is 1.51. The van der Waals surface area contributed by atoms with E-state index in [0.717, 1.165) is 6.08 Å². The Bertz CT molecular complexity index is 172. The van der Waals surface area contributed by atoms with Gasteiger partial charge in [0, 0.05) is 6.08 Å². The maximum Gasteiger partial charge on any atom is 0.149 e. The van der Waals surface area contributed by atoms with Crippen LogP contribution in [0.4, 0.5) is 4.39 Å². The zero-order chi connectivity index (χ0) is 7.44. The summed E-state index contributed by atoms with van der Waals surface area (Å²) >= 11 is 0. The number of halogens is 1. The highest BCUT2D eigenvalue weighted by atomic mass is 19.1. The van der Waals surface area contributed by atoms with E-state index in [0.29, 0.717) is 0 Å². The molecule has 3 heteroatoms. The molecule has 0 aromatic rings. The van der Waals surface area contributed by atoms with Crippen molar-refractivity contribution >= 4 is 0 Å². The molecule has 0 amide bonds. The molecule has 0 aromatic heterocycles. The van der Waals surface area contributed by atoms with Crippen LogP contribution in [0.5, 0.6) is 0 Å². The van der Waals surface area contributed by atoms with Crippen molar-refractivity contribution in [2.45, 2.75) is 0 Å². The monoisotopic (exact) mass is 129 g/mol. The van der Waals surface area contributed by atoms with Gasteiger partial charge in [-0.15, -0.1) is 0 Å². The minimum atomic E-state index is -0.762. The van der Waals surface area contributed by atoms with Crippen molar-refractivity contribution < 1.29 is 9.50 Å². The van der Waals surface area contributed by atoms with Crippen molar-refractivity contribution in [3.05, 3.63) is 36.5 Å².